The van der Waals surface area contributed by atoms with Crippen LogP contribution in [0.1, 0.15) is 19.4 Å². The molecule has 19 heavy (non-hydrogen) atoms. The van der Waals surface area contributed by atoms with Crippen LogP contribution in [-0.4, -0.2) is 24.2 Å². The van der Waals surface area contributed by atoms with Gasteiger partial charge in [-0.3, -0.25) is 4.79 Å². The predicted molar refractivity (Wildman–Crippen MR) is 85.7 cm³/mol. The minimum atomic E-state index is -0.0322. The van der Waals surface area contributed by atoms with Crippen molar-refractivity contribution in [1.29, 1.82) is 0 Å². The third kappa shape index (κ3) is 7.45. The predicted octanol–water partition coefficient (Wildman–Crippen LogP) is 2.44. The first-order valence-electron chi connectivity index (χ1n) is 6.26. The average Bonchev–Trinajstić information content (AvgIpc) is 2.42. The second kappa shape index (κ2) is 10.1. The van der Waals surface area contributed by atoms with Gasteiger partial charge >= 0.3 is 0 Å². The third-order valence-electron chi connectivity index (χ3n) is 2.74. The van der Waals surface area contributed by atoms with E-state index < -0.39 is 0 Å². The number of nitrogens with one attached hydrogen (secondary N) is 1. The number of halogens is 1. The van der Waals surface area contributed by atoms with Gasteiger partial charge in [0.1, 0.15) is 0 Å². The molecule has 0 bridgehead atoms. The quantitative estimate of drug-likeness (QED) is 0.813. The minimum Gasteiger partial charge on any atom is -0.355 e. The summed E-state index contributed by atoms with van der Waals surface area (Å²) in [5.41, 5.74) is 6.76. The van der Waals surface area contributed by atoms with Gasteiger partial charge in [-0.2, -0.15) is 0 Å². The second-order valence-electron chi connectivity index (χ2n) is 4.52. The van der Waals surface area contributed by atoms with Crippen LogP contribution in [0.25, 0.3) is 0 Å². The van der Waals surface area contributed by atoms with Crippen molar-refractivity contribution >= 4 is 30.1 Å². The van der Waals surface area contributed by atoms with Gasteiger partial charge in [-0.15, -0.1) is 24.2 Å². The number of hydrogen-bond acceptors (Lipinski definition) is 3. The van der Waals surface area contributed by atoms with Crippen LogP contribution in [0, 0.1) is 5.92 Å². The highest BCUT2D eigenvalue weighted by molar-refractivity contribution is 7.99. The largest absolute Gasteiger partial charge is 0.355 e. The number of carbonyl (C=O) groups excluding carboxylic acids is 1. The van der Waals surface area contributed by atoms with Gasteiger partial charge in [-0.25, -0.2) is 0 Å². The van der Waals surface area contributed by atoms with Crippen molar-refractivity contribution in [3.05, 3.63) is 35.9 Å². The van der Waals surface area contributed by atoms with Crippen LogP contribution in [0.5, 0.6) is 0 Å². The van der Waals surface area contributed by atoms with Gasteiger partial charge in [-0.05, 0) is 24.9 Å². The Labute approximate surface area is 126 Å². The Morgan fingerprint density at radius 3 is 2.53 bits per heavy atom. The molecule has 0 heterocycles. The highest BCUT2D eigenvalue weighted by atomic mass is 35.5. The fraction of sp³-hybridized carbons (Fsp3) is 0.500. The molecule has 1 rings (SSSR count). The van der Waals surface area contributed by atoms with Crippen molar-refractivity contribution in [1.82, 2.24) is 5.32 Å². The summed E-state index contributed by atoms with van der Waals surface area (Å²) in [6.07, 6.45) is 0. The molecule has 108 valence electrons. The maximum Gasteiger partial charge on any atom is 0.232 e. The molecule has 0 radical (unpaired) electrons. The number of hydrogen-bond donors (Lipinski definition) is 2. The van der Waals surface area contributed by atoms with Crippen LogP contribution in [0.4, 0.5) is 0 Å². The Bertz CT molecular complexity index is 362. The molecule has 0 fully saturated rings. The van der Waals surface area contributed by atoms with Crippen molar-refractivity contribution in [2.45, 2.75) is 24.9 Å². The highest BCUT2D eigenvalue weighted by Gasteiger charge is 2.13. The van der Waals surface area contributed by atoms with E-state index >= 15 is 0 Å². The van der Waals surface area contributed by atoms with Crippen molar-refractivity contribution in [2.24, 2.45) is 11.7 Å². The number of carbonyl (C=O) groups is 1. The molecule has 0 aliphatic heterocycles. The molecule has 2 unspecified atom stereocenters. The summed E-state index contributed by atoms with van der Waals surface area (Å²) in [4.78, 5) is 11.8. The Morgan fingerprint density at radius 1 is 1.32 bits per heavy atom. The fourth-order valence-corrected chi connectivity index (χ4v) is 2.24. The Hall–Kier alpha value is -0.710. The van der Waals surface area contributed by atoms with Crippen LogP contribution in [-0.2, 0) is 10.5 Å². The first kappa shape index (κ1) is 18.3. The first-order valence-corrected chi connectivity index (χ1v) is 7.31. The smallest absolute Gasteiger partial charge is 0.232 e. The molecular weight excluding hydrogens is 280 g/mol. The number of benzene rings is 1. The minimum absolute atomic E-state index is 0. The molecule has 0 saturated carbocycles. The summed E-state index contributed by atoms with van der Waals surface area (Å²) in [5.74, 6) is 1.29. The number of nitrogens with two attached hydrogens (primary N) is 1. The number of rotatable bonds is 7. The zero-order chi connectivity index (χ0) is 13.4. The van der Waals surface area contributed by atoms with Crippen LogP contribution in [0.15, 0.2) is 30.3 Å². The molecular formula is C14H23ClN2OS. The van der Waals surface area contributed by atoms with E-state index in [1.807, 2.05) is 32.0 Å². The fourth-order valence-electron chi connectivity index (χ4n) is 1.37. The standard InChI is InChI=1S/C14H22N2OS.ClH/c1-11(8-15)9-16-14(17)12(2)18-10-13-6-4-3-5-7-13;/h3-7,11-12H,8-10,15H2,1-2H3,(H,16,17);1H. The molecule has 0 aromatic heterocycles. The summed E-state index contributed by atoms with van der Waals surface area (Å²) in [6.45, 7) is 5.23. The molecule has 0 aliphatic rings. The Balaban J connectivity index is 0.00000324. The number of amides is 1. The Morgan fingerprint density at radius 2 is 1.95 bits per heavy atom. The van der Waals surface area contributed by atoms with E-state index in [4.69, 9.17) is 5.73 Å². The van der Waals surface area contributed by atoms with Crippen LogP contribution in [0.3, 0.4) is 0 Å². The topological polar surface area (TPSA) is 55.1 Å². The van der Waals surface area contributed by atoms with Crippen LogP contribution in [0.2, 0.25) is 0 Å². The Kier molecular flexibility index (Phi) is 9.74. The number of thioether (sulfide) groups is 1. The van der Waals surface area contributed by atoms with Crippen molar-refractivity contribution in [2.75, 3.05) is 13.1 Å². The van der Waals surface area contributed by atoms with Gasteiger partial charge in [0, 0.05) is 12.3 Å². The van der Waals surface area contributed by atoms with Crippen molar-refractivity contribution in [3.63, 3.8) is 0 Å². The van der Waals surface area contributed by atoms with E-state index in [0.717, 1.165) is 5.75 Å². The summed E-state index contributed by atoms with van der Waals surface area (Å²) < 4.78 is 0. The zero-order valence-corrected chi connectivity index (χ0v) is 13.1. The van der Waals surface area contributed by atoms with E-state index in [2.05, 4.69) is 17.4 Å². The normalized spacial score (nSPS) is 13.2. The lowest BCUT2D eigenvalue weighted by molar-refractivity contribution is -0.120. The molecule has 3 nitrogen and oxygen atoms in total. The molecule has 1 aromatic carbocycles. The summed E-state index contributed by atoms with van der Waals surface area (Å²) in [5, 5.41) is 2.90. The molecule has 1 aromatic rings. The highest BCUT2D eigenvalue weighted by Crippen LogP contribution is 2.17. The monoisotopic (exact) mass is 302 g/mol. The van der Waals surface area contributed by atoms with Gasteiger partial charge in [0.05, 0.1) is 5.25 Å². The van der Waals surface area contributed by atoms with Crippen molar-refractivity contribution in [3.8, 4) is 0 Å². The summed E-state index contributed by atoms with van der Waals surface area (Å²) in [7, 11) is 0. The van der Waals surface area contributed by atoms with E-state index in [9.17, 15) is 4.79 Å². The summed E-state index contributed by atoms with van der Waals surface area (Å²) in [6, 6.07) is 10.2. The van der Waals surface area contributed by atoms with Crippen LogP contribution < -0.4 is 11.1 Å². The van der Waals surface area contributed by atoms with Gasteiger partial charge in [0.15, 0.2) is 0 Å². The lowest BCUT2D eigenvalue weighted by Gasteiger charge is -2.14. The van der Waals surface area contributed by atoms with Crippen LogP contribution >= 0.6 is 24.2 Å². The third-order valence-corrected chi connectivity index (χ3v) is 3.95. The van der Waals surface area contributed by atoms with Gasteiger partial charge in [0.2, 0.25) is 5.91 Å². The lowest BCUT2D eigenvalue weighted by Crippen LogP contribution is -2.35. The van der Waals surface area contributed by atoms with E-state index in [1.165, 1.54) is 5.56 Å². The molecule has 3 N–H and O–H groups in total. The molecule has 1 amide bonds. The summed E-state index contributed by atoms with van der Waals surface area (Å²) >= 11 is 1.65. The zero-order valence-electron chi connectivity index (χ0n) is 11.5. The van der Waals surface area contributed by atoms with E-state index in [0.29, 0.717) is 19.0 Å². The van der Waals surface area contributed by atoms with Crippen molar-refractivity contribution < 1.29 is 4.79 Å². The first-order chi connectivity index (χ1) is 8.63. The molecule has 2 atom stereocenters. The lowest BCUT2D eigenvalue weighted by atomic mass is 10.2. The van der Waals surface area contributed by atoms with E-state index in [-0.39, 0.29) is 23.6 Å². The van der Waals surface area contributed by atoms with Gasteiger partial charge in [-0.1, -0.05) is 37.3 Å². The maximum absolute atomic E-state index is 11.8. The van der Waals surface area contributed by atoms with E-state index in [1.54, 1.807) is 11.8 Å². The maximum atomic E-state index is 11.8. The molecule has 0 aliphatic carbocycles. The van der Waals surface area contributed by atoms with Gasteiger partial charge < -0.3 is 11.1 Å². The second-order valence-corrected chi connectivity index (χ2v) is 5.85. The molecule has 0 spiro atoms. The molecule has 5 heteroatoms. The average molecular weight is 303 g/mol. The SMILES string of the molecule is CC(CN)CNC(=O)C(C)SCc1ccccc1.Cl. The van der Waals surface area contributed by atoms with Gasteiger partial charge in [0.25, 0.3) is 0 Å². The molecule has 0 saturated heterocycles.